The Labute approximate surface area is 195 Å². The van der Waals surface area contributed by atoms with Crippen LogP contribution in [0.25, 0.3) is 11.3 Å². The van der Waals surface area contributed by atoms with Gasteiger partial charge in [-0.05, 0) is 43.1 Å². The number of nitrogens with one attached hydrogen (secondary N) is 2. The first-order valence-electron chi connectivity index (χ1n) is 10.7. The molecule has 174 valence electrons. The zero-order chi connectivity index (χ0) is 23.4. The van der Waals surface area contributed by atoms with E-state index in [0.717, 1.165) is 24.5 Å². The number of alkyl halides is 3. The number of rotatable bonds is 5. The van der Waals surface area contributed by atoms with Gasteiger partial charge in [0.15, 0.2) is 10.8 Å². The Bertz CT molecular complexity index is 1100. The fraction of sp³-hybridized carbons (Fsp3) is 0.348. The van der Waals surface area contributed by atoms with Crippen molar-refractivity contribution in [3.05, 3.63) is 60.0 Å². The molecule has 6 nitrogen and oxygen atoms in total. The van der Waals surface area contributed by atoms with Crippen molar-refractivity contribution >= 4 is 29.1 Å². The highest BCUT2D eigenvalue weighted by atomic mass is 32.1. The lowest BCUT2D eigenvalue weighted by atomic mass is 10.0. The lowest BCUT2D eigenvalue weighted by Gasteiger charge is -2.32. The molecule has 0 aliphatic carbocycles. The van der Waals surface area contributed by atoms with Crippen molar-refractivity contribution in [1.29, 1.82) is 0 Å². The molecule has 3 aromatic rings. The fourth-order valence-corrected chi connectivity index (χ4v) is 3.90. The topological polar surface area (TPSA) is 66.2 Å². The summed E-state index contributed by atoms with van der Waals surface area (Å²) < 4.78 is 46.1. The molecule has 1 fully saturated rings. The molecule has 0 unspecified atom stereocenters. The van der Waals surface area contributed by atoms with Crippen LogP contribution >= 0.6 is 12.2 Å². The third-order valence-electron chi connectivity index (χ3n) is 5.35. The molecule has 0 saturated carbocycles. The average Bonchev–Trinajstić information content (AvgIpc) is 3.27. The van der Waals surface area contributed by atoms with Gasteiger partial charge in [-0.15, -0.1) is 0 Å². The van der Waals surface area contributed by atoms with Crippen molar-refractivity contribution in [2.45, 2.75) is 32.5 Å². The Morgan fingerprint density at radius 3 is 2.70 bits per heavy atom. The Kier molecular flexibility index (Phi) is 6.83. The molecule has 0 radical (unpaired) electrons. The largest absolute Gasteiger partial charge is 0.459 e. The maximum absolute atomic E-state index is 13.4. The lowest BCUT2D eigenvalue weighted by Crippen LogP contribution is -2.35. The minimum Gasteiger partial charge on any atom is -0.459 e. The molecule has 10 heteroatoms. The second-order valence-electron chi connectivity index (χ2n) is 8.07. The minimum absolute atomic E-state index is 0.102. The molecule has 0 bridgehead atoms. The van der Waals surface area contributed by atoms with Crippen molar-refractivity contribution in [1.82, 2.24) is 15.3 Å². The van der Waals surface area contributed by atoms with E-state index in [1.165, 1.54) is 0 Å². The minimum atomic E-state index is -4.59. The van der Waals surface area contributed by atoms with E-state index < -0.39 is 11.9 Å². The molecular weight excluding hydrogens is 451 g/mol. The maximum Gasteiger partial charge on any atom is 0.433 e. The summed E-state index contributed by atoms with van der Waals surface area (Å²) in [5, 5.41) is 5.71. The molecule has 2 aromatic heterocycles. The van der Waals surface area contributed by atoms with Crippen LogP contribution < -0.4 is 15.5 Å². The Morgan fingerprint density at radius 2 is 1.97 bits per heavy atom. The molecule has 1 aromatic carbocycles. The van der Waals surface area contributed by atoms with Crippen LogP contribution in [0.2, 0.25) is 0 Å². The predicted molar refractivity (Wildman–Crippen MR) is 125 cm³/mol. The van der Waals surface area contributed by atoms with E-state index in [2.05, 4.69) is 27.5 Å². The van der Waals surface area contributed by atoms with Crippen molar-refractivity contribution in [3.8, 4) is 11.3 Å². The van der Waals surface area contributed by atoms with E-state index in [0.29, 0.717) is 30.5 Å². The summed E-state index contributed by atoms with van der Waals surface area (Å²) >= 11 is 5.25. The van der Waals surface area contributed by atoms with Crippen molar-refractivity contribution in [3.63, 3.8) is 0 Å². The molecule has 3 heterocycles. The van der Waals surface area contributed by atoms with Crippen molar-refractivity contribution < 1.29 is 17.6 Å². The fourth-order valence-electron chi connectivity index (χ4n) is 3.74. The second kappa shape index (κ2) is 9.78. The molecule has 0 amide bonds. The third kappa shape index (κ3) is 6.01. The van der Waals surface area contributed by atoms with Gasteiger partial charge >= 0.3 is 6.18 Å². The Hall–Kier alpha value is -3.14. The van der Waals surface area contributed by atoms with Gasteiger partial charge in [0.1, 0.15) is 17.3 Å². The standard InChI is InChI=1S/C23H24F3N5OS/c1-15-6-5-11-31(14-15)20-12-19(23(24,25)26)28-21(29-20)30-22(33)27-13-17-9-10-18(32-17)16-7-3-2-4-8-16/h2-4,7-10,12,15H,5-6,11,13-14H2,1H3,(H2,27,28,29,30,33)/t15-/m0/s1. The molecule has 33 heavy (non-hydrogen) atoms. The number of anilines is 2. The van der Waals surface area contributed by atoms with Gasteiger partial charge < -0.3 is 20.0 Å². The highest BCUT2D eigenvalue weighted by Crippen LogP contribution is 2.32. The molecular formula is C23H24F3N5OS. The van der Waals surface area contributed by atoms with Crippen LogP contribution in [0.1, 0.15) is 31.2 Å². The summed E-state index contributed by atoms with van der Waals surface area (Å²) in [5.41, 5.74) is -0.0593. The van der Waals surface area contributed by atoms with Gasteiger partial charge in [0.05, 0.1) is 6.54 Å². The molecule has 2 N–H and O–H groups in total. The van der Waals surface area contributed by atoms with Gasteiger partial charge in [-0.25, -0.2) is 4.98 Å². The smallest absolute Gasteiger partial charge is 0.433 e. The lowest BCUT2D eigenvalue weighted by molar-refractivity contribution is -0.141. The summed E-state index contributed by atoms with van der Waals surface area (Å²) in [4.78, 5) is 9.79. The van der Waals surface area contributed by atoms with E-state index in [1.54, 1.807) is 0 Å². The third-order valence-corrected chi connectivity index (χ3v) is 5.60. The van der Waals surface area contributed by atoms with Crippen molar-refractivity contribution in [2.75, 3.05) is 23.3 Å². The summed E-state index contributed by atoms with van der Waals surface area (Å²) in [7, 11) is 0. The van der Waals surface area contributed by atoms with E-state index in [4.69, 9.17) is 16.6 Å². The predicted octanol–water partition coefficient (Wildman–Crippen LogP) is 5.48. The quantitative estimate of drug-likeness (QED) is 0.474. The molecule has 1 saturated heterocycles. The van der Waals surface area contributed by atoms with Crippen LogP contribution in [0.3, 0.4) is 0 Å². The number of hydrogen-bond acceptors (Lipinski definition) is 5. The number of piperidine rings is 1. The highest BCUT2D eigenvalue weighted by molar-refractivity contribution is 7.80. The number of nitrogens with zero attached hydrogens (tertiary/aromatic N) is 3. The number of halogens is 3. The van der Waals surface area contributed by atoms with Crippen LogP contribution in [0, 0.1) is 5.92 Å². The van der Waals surface area contributed by atoms with E-state index in [-0.39, 0.29) is 23.4 Å². The Morgan fingerprint density at radius 1 is 1.18 bits per heavy atom. The molecule has 1 atom stereocenters. The van der Waals surface area contributed by atoms with Gasteiger partial charge in [0, 0.05) is 24.7 Å². The summed E-state index contributed by atoms with van der Waals surface area (Å²) in [6, 6.07) is 14.3. The molecule has 0 spiro atoms. The van der Waals surface area contributed by atoms with Crippen molar-refractivity contribution in [2.24, 2.45) is 5.92 Å². The monoisotopic (exact) mass is 475 g/mol. The molecule has 1 aliphatic heterocycles. The Balaban J connectivity index is 1.43. The summed E-state index contributed by atoms with van der Waals surface area (Å²) in [6.07, 6.45) is -2.64. The van der Waals surface area contributed by atoms with Crippen LogP contribution in [-0.2, 0) is 12.7 Å². The first kappa shape index (κ1) is 23.0. The van der Waals surface area contributed by atoms with Crippen LogP contribution in [0.5, 0.6) is 0 Å². The maximum atomic E-state index is 13.4. The van der Waals surface area contributed by atoms with E-state index in [1.807, 2.05) is 47.4 Å². The van der Waals surface area contributed by atoms with Crippen LogP contribution in [0.4, 0.5) is 24.9 Å². The van der Waals surface area contributed by atoms with Gasteiger partial charge in [0.2, 0.25) is 5.95 Å². The van der Waals surface area contributed by atoms with E-state index in [9.17, 15) is 13.2 Å². The number of furan rings is 1. The first-order valence-corrected chi connectivity index (χ1v) is 11.1. The number of thiocarbonyl (C=S) groups is 1. The summed E-state index contributed by atoms with van der Waals surface area (Å²) in [6.45, 7) is 3.64. The van der Waals surface area contributed by atoms with Crippen LogP contribution in [0.15, 0.2) is 52.9 Å². The second-order valence-corrected chi connectivity index (χ2v) is 8.47. The first-order chi connectivity index (χ1) is 15.8. The average molecular weight is 476 g/mol. The molecule has 1 aliphatic rings. The highest BCUT2D eigenvalue weighted by Gasteiger charge is 2.34. The van der Waals surface area contributed by atoms with Gasteiger partial charge in [-0.1, -0.05) is 37.3 Å². The number of hydrogen-bond donors (Lipinski definition) is 2. The molecule has 4 rings (SSSR count). The number of benzene rings is 1. The number of aromatic nitrogens is 2. The van der Waals surface area contributed by atoms with Gasteiger partial charge in [-0.2, -0.15) is 18.2 Å². The van der Waals surface area contributed by atoms with Gasteiger partial charge in [-0.3, -0.25) is 0 Å². The zero-order valence-electron chi connectivity index (χ0n) is 18.0. The normalized spacial score (nSPS) is 16.5. The van der Waals surface area contributed by atoms with Gasteiger partial charge in [0.25, 0.3) is 0 Å². The zero-order valence-corrected chi connectivity index (χ0v) is 18.8. The van der Waals surface area contributed by atoms with E-state index >= 15 is 0 Å². The summed E-state index contributed by atoms with van der Waals surface area (Å²) in [5.74, 6) is 1.78. The van der Waals surface area contributed by atoms with Crippen LogP contribution in [-0.4, -0.2) is 28.2 Å². The SMILES string of the molecule is C[C@H]1CCCN(c2cc(C(F)(F)F)nc(NC(=S)NCc3ccc(-c4ccccc4)o3)n2)C1.